The molecule has 0 spiro atoms. The third-order valence-corrected chi connectivity index (χ3v) is 4.37. The van der Waals surface area contributed by atoms with Crippen LogP contribution in [0.15, 0.2) is 22.7 Å². The third-order valence-electron chi connectivity index (χ3n) is 3.54. The van der Waals surface area contributed by atoms with E-state index >= 15 is 0 Å². The summed E-state index contributed by atoms with van der Waals surface area (Å²) in [7, 11) is 0. The van der Waals surface area contributed by atoms with E-state index in [-0.39, 0.29) is 11.9 Å². The molecule has 3 nitrogen and oxygen atoms in total. The number of piperidine rings is 1. The molecule has 1 amide bonds. The largest absolute Gasteiger partial charge is 0.349 e. The van der Waals surface area contributed by atoms with Crippen LogP contribution in [-0.4, -0.2) is 36.5 Å². The number of nitrogens with zero attached hydrogens (tertiary/aromatic N) is 1. The molecule has 5 heteroatoms. The summed E-state index contributed by atoms with van der Waals surface area (Å²) in [6.45, 7) is 5.35. The lowest BCUT2D eigenvalue weighted by Crippen LogP contribution is -2.44. The molecule has 0 bridgehead atoms. The Morgan fingerprint density at radius 2 is 2.16 bits per heavy atom. The van der Waals surface area contributed by atoms with E-state index in [1.165, 1.54) is 0 Å². The van der Waals surface area contributed by atoms with Crippen molar-refractivity contribution in [2.45, 2.75) is 25.8 Å². The highest BCUT2D eigenvalue weighted by molar-refractivity contribution is 9.10. The summed E-state index contributed by atoms with van der Waals surface area (Å²) in [5, 5.41) is 3.57. The summed E-state index contributed by atoms with van der Waals surface area (Å²) in [5.41, 5.74) is 0.536. The van der Waals surface area contributed by atoms with Crippen LogP contribution in [0.1, 0.15) is 30.1 Å². The number of hydrogen-bond acceptors (Lipinski definition) is 2. The fraction of sp³-hybridized carbons (Fsp3) is 0.500. The molecule has 0 atom stereocenters. The van der Waals surface area contributed by atoms with E-state index in [0.29, 0.717) is 10.6 Å². The van der Waals surface area contributed by atoms with Crippen LogP contribution in [0.2, 0.25) is 5.02 Å². The van der Waals surface area contributed by atoms with Crippen LogP contribution in [0.4, 0.5) is 0 Å². The molecule has 0 aromatic heterocycles. The summed E-state index contributed by atoms with van der Waals surface area (Å²) < 4.78 is 0.864. The Kier molecular flexibility index (Phi) is 5.25. The number of hydrogen-bond donors (Lipinski definition) is 1. The maximum Gasteiger partial charge on any atom is 0.253 e. The number of halogens is 2. The Balaban J connectivity index is 1.96. The molecule has 1 N–H and O–H groups in total. The number of nitrogens with one attached hydrogen (secondary N) is 1. The Morgan fingerprint density at radius 3 is 2.79 bits per heavy atom. The van der Waals surface area contributed by atoms with Gasteiger partial charge >= 0.3 is 0 Å². The summed E-state index contributed by atoms with van der Waals surface area (Å²) in [5.74, 6) is -0.0822. The monoisotopic (exact) mass is 344 g/mol. The van der Waals surface area contributed by atoms with Crippen molar-refractivity contribution in [3.05, 3.63) is 33.3 Å². The van der Waals surface area contributed by atoms with Crippen LogP contribution in [0.5, 0.6) is 0 Å². The summed E-state index contributed by atoms with van der Waals surface area (Å²) in [6, 6.07) is 5.59. The van der Waals surface area contributed by atoms with Gasteiger partial charge in [0.05, 0.1) is 10.6 Å². The van der Waals surface area contributed by atoms with Crippen molar-refractivity contribution in [1.29, 1.82) is 0 Å². The van der Waals surface area contributed by atoms with E-state index in [0.717, 1.165) is 36.9 Å². The third kappa shape index (κ3) is 3.94. The first kappa shape index (κ1) is 14.8. The van der Waals surface area contributed by atoms with Gasteiger partial charge in [-0.3, -0.25) is 4.79 Å². The average Bonchev–Trinajstić information content (AvgIpc) is 2.42. The first-order chi connectivity index (χ1) is 9.10. The van der Waals surface area contributed by atoms with Crippen molar-refractivity contribution in [2.24, 2.45) is 0 Å². The molecule has 0 aliphatic carbocycles. The molecule has 1 aromatic rings. The maximum absolute atomic E-state index is 12.2. The highest BCUT2D eigenvalue weighted by Crippen LogP contribution is 2.21. The number of rotatable bonds is 3. The molecule has 0 radical (unpaired) electrons. The first-order valence-electron chi connectivity index (χ1n) is 6.58. The van der Waals surface area contributed by atoms with Crippen molar-refractivity contribution < 1.29 is 4.79 Å². The van der Waals surface area contributed by atoms with Crippen LogP contribution in [0.3, 0.4) is 0 Å². The summed E-state index contributed by atoms with van der Waals surface area (Å²) >= 11 is 9.43. The van der Waals surface area contributed by atoms with Gasteiger partial charge in [0.2, 0.25) is 0 Å². The van der Waals surface area contributed by atoms with E-state index in [1.54, 1.807) is 12.1 Å². The Labute approximate surface area is 127 Å². The Bertz CT molecular complexity index is 459. The lowest BCUT2D eigenvalue weighted by atomic mass is 10.0. The molecular formula is C14H18BrClN2O. The predicted octanol–water partition coefficient (Wildman–Crippen LogP) is 3.32. The fourth-order valence-corrected chi connectivity index (χ4v) is 2.89. The van der Waals surface area contributed by atoms with Gasteiger partial charge in [0.1, 0.15) is 0 Å². The minimum atomic E-state index is -0.0822. The van der Waals surface area contributed by atoms with Gasteiger partial charge in [-0.1, -0.05) is 34.5 Å². The molecule has 19 heavy (non-hydrogen) atoms. The lowest BCUT2D eigenvalue weighted by molar-refractivity contribution is 0.0913. The molecule has 0 saturated carbocycles. The highest BCUT2D eigenvalue weighted by Gasteiger charge is 2.21. The normalized spacial score (nSPS) is 17.4. The zero-order valence-corrected chi connectivity index (χ0v) is 13.3. The van der Waals surface area contributed by atoms with Gasteiger partial charge in [-0.15, -0.1) is 0 Å². The lowest BCUT2D eigenvalue weighted by Gasteiger charge is -2.31. The number of amides is 1. The van der Waals surface area contributed by atoms with E-state index in [2.05, 4.69) is 33.1 Å². The predicted molar refractivity (Wildman–Crippen MR) is 81.8 cm³/mol. The fourth-order valence-electron chi connectivity index (χ4n) is 2.33. The zero-order valence-electron chi connectivity index (χ0n) is 11.0. The standard InChI is InChI=1S/C14H18BrClN2O/c1-2-18-7-5-11(6-8-18)17-14(19)12-9-10(15)3-4-13(12)16/h3-4,9,11H,2,5-8H2,1H3,(H,17,19). The average molecular weight is 346 g/mol. The molecule has 104 valence electrons. The van der Waals surface area contributed by atoms with Crippen molar-refractivity contribution in [3.8, 4) is 0 Å². The van der Waals surface area contributed by atoms with Crippen molar-refractivity contribution in [1.82, 2.24) is 10.2 Å². The minimum Gasteiger partial charge on any atom is -0.349 e. The van der Waals surface area contributed by atoms with Crippen molar-refractivity contribution in [2.75, 3.05) is 19.6 Å². The van der Waals surface area contributed by atoms with Crippen LogP contribution in [0, 0.1) is 0 Å². The molecule has 1 fully saturated rings. The quantitative estimate of drug-likeness (QED) is 0.911. The zero-order chi connectivity index (χ0) is 13.8. The highest BCUT2D eigenvalue weighted by atomic mass is 79.9. The molecule has 1 aliphatic heterocycles. The second kappa shape index (κ2) is 6.73. The molecule has 1 aromatic carbocycles. The van der Waals surface area contributed by atoms with Crippen molar-refractivity contribution >= 4 is 33.4 Å². The SMILES string of the molecule is CCN1CCC(NC(=O)c2cc(Br)ccc2Cl)CC1. The second-order valence-corrected chi connectivity index (χ2v) is 6.13. The Hall–Kier alpha value is -0.580. The van der Waals surface area contributed by atoms with Crippen molar-refractivity contribution in [3.63, 3.8) is 0 Å². The number of likely N-dealkylation sites (tertiary alicyclic amines) is 1. The van der Waals surface area contributed by atoms with E-state index in [4.69, 9.17) is 11.6 Å². The van der Waals surface area contributed by atoms with Crippen LogP contribution in [-0.2, 0) is 0 Å². The molecule has 1 heterocycles. The first-order valence-corrected chi connectivity index (χ1v) is 7.75. The van der Waals surface area contributed by atoms with E-state index < -0.39 is 0 Å². The molecule has 2 rings (SSSR count). The van der Waals surface area contributed by atoms with E-state index in [1.807, 2.05) is 6.07 Å². The molecule has 0 unspecified atom stereocenters. The topological polar surface area (TPSA) is 32.3 Å². The van der Waals surface area contributed by atoms with Crippen LogP contribution >= 0.6 is 27.5 Å². The summed E-state index contributed by atoms with van der Waals surface area (Å²) in [6.07, 6.45) is 2.01. The van der Waals surface area contributed by atoms with Crippen LogP contribution in [0.25, 0.3) is 0 Å². The number of carbonyl (C=O) groups excluding carboxylic acids is 1. The van der Waals surface area contributed by atoms with Gasteiger partial charge in [0, 0.05) is 23.6 Å². The van der Waals surface area contributed by atoms with E-state index in [9.17, 15) is 4.79 Å². The van der Waals surface area contributed by atoms with Gasteiger partial charge < -0.3 is 10.2 Å². The second-order valence-electron chi connectivity index (χ2n) is 4.81. The number of carbonyl (C=O) groups is 1. The van der Waals surface area contributed by atoms with Gasteiger partial charge in [0.15, 0.2) is 0 Å². The van der Waals surface area contributed by atoms with Gasteiger partial charge in [-0.2, -0.15) is 0 Å². The minimum absolute atomic E-state index is 0.0822. The maximum atomic E-state index is 12.2. The molecule has 1 aliphatic rings. The molecular weight excluding hydrogens is 328 g/mol. The van der Waals surface area contributed by atoms with Gasteiger partial charge in [-0.25, -0.2) is 0 Å². The van der Waals surface area contributed by atoms with Crippen LogP contribution < -0.4 is 5.32 Å². The Morgan fingerprint density at radius 1 is 1.47 bits per heavy atom. The smallest absolute Gasteiger partial charge is 0.253 e. The number of benzene rings is 1. The van der Waals surface area contributed by atoms with Gasteiger partial charge in [-0.05, 0) is 37.6 Å². The summed E-state index contributed by atoms with van der Waals surface area (Å²) in [4.78, 5) is 14.6. The van der Waals surface area contributed by atoms with Gasteiger partial charge in [0.25, 0.3) is 5.91 Å². The molecule has 1 saturated heterocycles.